The number of nitrogens with zero attached hydrogens (tertiary/aromatic N) is 3. The zero-order valence-corrected chi connectivity index (χ0v) is 20.3. The van der Waals surface area contributed by atoms with Crippen molar-refractivity contribution in [3.63, 3.8) is 0 Å². The molecule has 3 heterocycles. The SMILES string of the molecule is CCC(C(=O)N(CC(=O)N1c2ccccc2-n2cccc2C1c1ccco1)C1CC1)c1ccccc1. The third-order valence-electron chi connectivity index (χ3n) is 7.29. The number of fused-ring (bicyclic) bond motifs is 3. The molecule has 1 aliphatic heterocycles. The molecule has 0 radical (unpaired) electrons. The number of amides is 2. The van der Waals surface area contributed by atoms with Gasteiger partial charge in [-0.05, 0) is 61.2 Å². The van der Waals surface area contributed by atoms with Crippen molar-refractivity contribution in [1.82, 2.24) is 9.47 Å². The predicted octanol–water partition coefficient (Wildman–Crippen LogP) is 5.69. The highest BCUT2D eigenvalue weighted by molar-refractivity contribution is 6.01. The Balaban J connectivity index is 1.37. The van der Waals surface area contributed by atoms with Gasteiger partial charge in [0.1, 0.15) is 18.3 Å². The maximum Gasteiger partial charge on any atom is 0.247 e. The van der Waals surface area contributed by atoms with Crippen molar-refractivity contribution >= 4 is 17.5 Å². The van der Waals surface area contributed by atoms with Crippen molar-refractivity contribution in [3.8, 4) is 5.69 Å². The summed E-state index contributed by atoms with van der Waals surface area (Å²) >= 11 is 0. The van der Waals surface area contributed by atoms with Gasteiger partial charge in [-0.3, -0.25) is 14.5 Å². The molecular formula is C30H29N3O3. The second-order valence-corrected chi connectivity index (χ2v) is 9.54. The molecule has 2 aromatic carbocycles. The standard InChI is InChI=1S/C30H29N3O3/c1-2-23(21-10-4-3-5-11-21)30(35)32(22-16-17-22)20-28(34)33-25-13-7-6-12-24(25)31-18-8-14-26(31)29(33)27-15-9-19-36-27/h3-15,18-19,22-23,29H,2,16-17,20H2,1H3. The highest BCUT2D eigenvalue weighted by atomic mass is 16.3. The van der Waals surface area contributed by atoms with Crippen molar-refractivity contribution in [1.29, 1.82) is 0 Å². The molecule has 4 aromatic rings. The van der Waals surface area contributed by atoms with Gasteiger partial charge in [0.15, 0.2) is 0 Å². The Morgan fingerprint density at radius 3 is 2.39 bits per heavy atom. The molecular weight excluding hydrogens is 450 g/mol. The van der Waals surface area contributed by atoms with Gasteiger partial charge in [0, 0.05) is 12.2 Å². The van der Waals surface area contributed by atoms with Gasteiger partial charge in [-0.1, -0.05) is 49.4 Å². The van der Waals surface area contributed by atoms with Crippen molar-refractivity contribution in [3.05, 3.63) is 108 Å². The number of aromatic nitrogens is 1. The molecule has 1 saturated carbocycles. The van der Waals surface area contributed by atoms with Crippen LogP contribution >= 0.6 is 0 Å². The topological polar surface area (TPSA) is 58.7 Å². The summed E-state index contributed by atoms with van der Waals surface area (Å²) in [4.78, 5) is 31.6. The summed E-state index contributed by atoms with van der Waals surface area (Å²) < 4.78 is 7.94. The fourth-order valence-electron chi connectivity index (χ4n) is 5.41. The highest BCUT2D eigenvalue weighted by Gasteiger charge is 2.42. The molecule has 2 amide bonds. The average Bonchev–Trinajstić information content (AvgIpc) is 3.38. The van der Waals surface area contributed by atoms with Crippen molar-refractivity contribution in [2.75, 3.05) is 11.4 Å². The van der Waals surface area contributed by atoms with Gasteiger partial charge < -0.3 is 13.9 Å². The molecule has 2 aromatic heterocycles. The third kappa shape index (κ3) is 3.83. The van der Waals surface area contributed by atoms with Crippen LogP contribution in [-0.2, 0) is 9.59 Å². The number of hydrogen-bond donors (Lipinski definition) is 0. The molecule has 1 aliphatic carbocycles. The van der Waals surface area contributed by atoms with E-state index >= 15 is 0 Å². The van der Waals surface area contributed by atoms with E-state index in [4.69, 9.17) is 4.42 Å². The van der Waals surface area contributed by atoms with Crippen molar-refractivity contribution < 1.29 is 14.0 Å². The lowest BCUT2D eigenvalue weighted by Crippen LogP contribution is -2.48. The van der Waals surface area contributed by atoms with E-state index in [9.17, 15) is 9.59 Å². The van der Waals surface area contributed by atoms with Crippen LogP contribution in [0.1, 0.15) is 55.2 Å². The fourth-order valence-corrected chi connectivity index (χ4v) is 5.41. The molecule has 2 aliphatic rings. The van der Waals surface area contributed by atoms with E-state index in [1.54, 1.807) is 6.26 Å². The van der Waals surface area contributed by atoms with E-state index in [1.165, 1.54) is 0 Å². The molecule has 6 rings (SSSR count). The molecule has 36 heavy (non-hydrogen) atoms. The van der Waals surface area contributed by atoms with Crippen LogP contribution in [0.15, 0.2) is 95.7 Å². The second kappa shape index (κ2) is 9.19. The first kappa shape index (κ1) is 22.4. The Bertz CT molecular complexity index is 1370. The van der Waals surface area contributed by atoms with Gasteiger partial charge in [0.25, 0.3) is 0 Å². The number of anilines is 1. The van der Waals surface area contributed by atoms with Crippen LogP contribution in [0.25, 0.3) is 5.69 Å². The Labute approximate surface area is 210 Å². The first-order chi connectivity index (χ1) is 17.7. The number of para-hydroxylation sites is 2. The summed E-state index contributed by atoms with van der Waals surface area (Å²) in [7, 11) is 0. The van der Waals surface area contributed by atoms with Crippen molar-refractivity contribution in [2.24, 2.45) is 0 Å². The maximum atomic E-state index is 14.2. The number of rotatable bonds is 7. The van der Waals surface area contributed by atoms with Crippen LogP contribution in [0.2, 0.25) is 0 Å². The van der Waals surface area contributed by atoms with Gasteiger partial charge >= 0.3 is 0 Å². The van der Waals surface area contributed by atoms with Crippen LogP contribution in [0.3, 0.4) is 0 Å². The molecule has 0 N–H and O–H groups in total. The van der Waals surface area contributed by atoms with Crippen LogP contribution in [0.4, 0.5) is 5.69 Å². The summed E-state index contributed by atoms with van der Waals surface area (Å²) in [6, 6.07) is 25.3. The molecule has 6 nitrogen and oxygen atoms in total. The molecule has 0 saturated heterocycles. The summed E-state index contributed by atoms with van der Waals surface area (Å²) in [5.41, 5.74) is 3.70. The predicted molar refractivity (Wildman–Crippen MR) is 138 cm³/mol. The first-order valence-corrected chi connectivity index (χ1v) is 12.6. The highest BCUT2D eigenvalue weighted by Crippen LogP contribution is 2.43. The number of carbonyl (C=O) groups is 2. The minimum absolute atomic E-state index is 0.0303. The fraction of sp³-hybridized carbons (Fsp3) is 0.267. The lowest BCUT2D eigenvalue weighted by molar-refractivity contribution is -0.137. The van der Waals surface area contributed by atoms with E-state index in [0.29, 0.717) is 12.2 Å². The Morgan fingerprint density at radius 2 is 1.69 bits per heavy atom. The number of carbonyl (C=O) groups excluding carboxylic acids is 2. The zero-order chi connectivity index (χ0) is 24.6. The maximum absolute atomic E-state index is 14.2. The first-order valence-electron chi connectivity index (χ1n) is 12.6. The number of hydrogen-bond acceptors (Lipinski definition) is 3. The van der Waals surface area contributed by atoms with E-state index in [-0.39, 0.29) is 30.3 Å². The monoisotopic (exact) mass is 479 g/mol. The quantitative estimate of drug-likeness (QED) is 0.342. The van der Waals surface area contributed by atoms with Gasteiger partial charge in [-0.25, -0.2) is 0 Å². The lowest BCUT2D eigenvalue weighted by atomic mass is 9.95. The minimum Gasteiger partial charge on any atom is -0.467 e. The van der Waals surface area contributed by atoms with Crippen molar-refractivity contribution in [2.45, 2.75) is 44.2 Å². The Kier molecular flexibility index (Phi) is 5.72. The van der Waals surface area contributed by atoms with Gasteiger partial charge in [0.05, 0.1) is 29.2 Å². The van der Waals surface area contributed by atoms with Gasteiger partial charge in [0.2, 0.25) is 11.8 Å². The molecule has 2 unspecified atom stereocenters. The summed E-state index contributed by atoms with van der Waals surface area (Å²) in [6.07, 6.45) is 6.21. The van der Waals surface area contributed by atoms with Crippen LogP contribution < -0.4 is 4.90 Å². The van der Waals surface area contributed by atoms with E-state index in [2.05, 4.69) is 4.57 Å². The molecule has 0 bridgehead atoms. The lowest BCUT2D eigenvalue weighted by Gasteiger charge is -2.38. The number of furan rings is 1. The summed E-state index contributed by atoms with van der Waals surface area (Å²) in [5, 5.41) is 0. The molecule has 182 valence electrons. The third-order valence-corrected chi connectivity index (χ3v) is 7.29. The van der Waals surface area contributed by atoms with Crippen LogP contribution in [-0.4, -0.2) is 33.9 Å². The zero-order valence-electron chi connectivity index (χ0n) is 20.3. The smallest absolute Gasteiger partial charge is 0.247 e. The Morgan fingerprint density at radius 1 is 0.944 bits per heavy atom. The van der Waals surface area contributed by atoms with Gasteiger partial charge in [-0.2, -0.15) is 0 Å². The van der Waals surface area contributed by atoms with Gasteiger partial charge in [-0.15, -0.1) is 0 Å². The van der Waals surface area contributed by atoms with E-state index < -0.39 is 6.04 Å². The second-order valence-electron chi connectivity index (χ2n) is 9.54. The average molecular weight is 480 g/mol. The van der Waals surface area contributed by atoms with E-state index in [1.807, 2.05) is 102 Å². The molecule has 6 heteroatoms. The largest absolute Gasteiger partial charge is 0.467 e. The summed E-state index contributed by atoms with van der Waals surface area (Å²) in [5.74, 6) is 0.353. The molecule has 0 spiro atoms. The van der Waals surface area contributed by atoms with E-state index in [0.717, 1.165) is 35.5 Å². The van der Waals surface area contributed by atoms with Crippen LogP contribution in [0.5, 0.6) is 0 Å². The molecule has 1 fully saturated rings. The normalized spacial score (nSPS) is 17.2. The number of benzene rings is 2. The molecule has 2 atom stereocenters. The minimum atomic E-state index is -0.412. The Hall–Kier alpha value is -4.06. The van der Waals surface area contributed by atoms with Crippen LogP contribution in [0, 0.1) is 0 Å². The summed E-state index contributed by atoms with van der Waals surface area (Å²) in [6.45, 7) is 2.07.